The summed E-state index contributed by atoms with van der Waals surface area (Å²) in [5.41, 5.74) is 2.43. The van der Waals surface area contributed by atoms with Crippen LogP contribution < -0.4 is 10.2 Å². The first-order chi connectivity index (χ1) is 13.8. The molecule has 2 aromatic rings. The Bertz CT molecular complexity index is 966. The van der Waals surface area contributed by atoms with Crippen LogP contribution in [0.4, 0.5) is 5.95 Å². The van der Waals surface area contributed by atoms with Gasteiger partial charge in [0.1, 0.15) is 0 Å². The smallest absolute Gasteiger partial charge is 0.225 e. The van der Waals surface area contributed by atoms with Crippen LogP contribution in [0, 0.1) is 6.92 Å². The monoisotopic (exact) mass is 416 g/mol. The molecule has 1 aromatic carbocycles. The van der Waals surface area contributed by atoms with E-state index in [1.807, 2.05) is 13.0 Å². The summed E-state index contributed by atoms with van der Waals surface area (Å²) in [6, 6.07) is 8.39. The third-order valence-electron chi connectivity index (χ3n) is 4.99. The number of carbonyl (C=O) groups excluding carboxylic acids is 1. The van der Waals surface area contributed by atoms with E-state index in [1.54, 1.807) is 38.1 Å². The molecule has 0 bridgehead atoms. The van der Waals surface area contributed by atoms with Gasteiger partial charge in [0.15, 0.2) is 9.84 Å². The second-order valence-corrected chi connectivity index (χ2v) is 10.2. The summed E-state index contributed by atoms with van der Waals surface area (Å²) in [4.78, 5) is 23.9. The lowest BCUT2D eigenvalue weighted by Gasteiger charge is -2.16. The Balaban J connectivity index is 1.59. The highest BCUT2D eigenvalue weighted by Gasteiger charge is 2.19. The van der Waals surface area contributed by atoms with Crippen LogP contribution in [0.5, 0.6) is 0 Å². The number of sulfone groups is 1. The molecule has 29 heavy (non-hydrogen) atoms. The van der Waals surface area contributed by atoms with Gasteiger partial charge in [0.25, 0.3) is 0 Å². The van der Waals surface area contributed by atoms with Crippen molar-refractivity contribution < 1.29 is 13.2 Å². The molecule has 0 spiro atoms. The van der Waals surface area contributed by atoms with Crippen molar-refractivity contribution in [2.75, 3.05) is 18.0 Å². The minimum Gasteiger partial charge on any atom is -0.350 e. The molecule has 156 valence electrons. The van der Waals surface area contributed by atoms with Gasteiger partial charge in [-0.25, -0.2) is 18.4 Å². The molecule has 0 radical (unpaired) electrons. The van der Waals surface area contributed by atoms with E-state index in [2.05, 4.69) is 20.2 Å². The Hall–Kier alpha value is -2.48. The Morgan fingerprint density at radius 3 is 2.41 bits per heavy atom. The number of benzene rings is 1. The summed E-state index contributed by atoms with van der Waals surface area (Å²) < 4.78 is 24.4. The van der Waals surface area contributed by atoms with Crippen LogP contribution in [0.2, 0.25) is 0 Å². The minimum absolute atomic E-state index is 0.136. The van der Waals surface area contributed by atoms with Crippen LogP contribution in [-0.2, 0) is 27.6 Å². The quantitative estimate of drug-likeness (QED) is 0.745. The highest BCUT2D eigenvalue weighted by molar-refractivity contribution is 7.92. The van der Waals surface area contributed by atoms with Crippen molar-refractivity contribution in [1.29, 1.82) is 0 Å². The second kappa shape index (κ2) is 8.90. The van der Waals surface area contributed by atoms with Crippen molar-refractivity contribution in [3.05, 3.63) is 47.3 Å². The van der Waals surface area contributed by atoms with Crippen molar-refractivity contribution >= 4 is 21.7 Å². The number of hydrogen-bond donors (Lipinski definition) is 1. The molecule has 0 saturated carbocycles. The van der Waals surface area contributed by atoms with Crippen molar-refractivity contribution in [2.45, 2.75) is 56.7 Å². The van der Waals surface area contributed by atoms with Gasteiger partial charge in [-0.3, -0.25) is 4.79 Å². The molecule has 1 saturated heterocycles. The fraction of sp³-hybridized carbons (Fsp3) is 0.476. The molecule has 1 aromatic heterocycles. The average molecular weight is 417 g/mol. The largest absolute Gasteiger partial charge is 0.350 e. The molecule has 1 aliphatic heterocycles. The predicted octanol–water partition coefficient (Wildman–Crippen LogP) is 2.43. The summed E-state index contributed by atoms with van der Waals surface area (Å²) >= 11 is 0. The Kier molecular flexibility index (Phi) is 6.52. The van der Waals surface area contributed by atoms with Crippen molar-refractivity contribution in [3.8, 4) is 0 Å². The van der Waals surface area contributed by atoms with Gasteiger partial charge in [-0.2, -0.15) is 0 Å². The number of amides is 1. The highest BCUT2D eigenvalue weighted by atomic mass is 32.2. The second-order valence-electron chi connectivity index (χ2n) is 7.69. The Morgan fingerprint density at radius 1 is 1.14 bits per heavy atom. The molecule has 2 heterocycles. The molecule has 1 fully saturated rings. The van der Waals surface area contributed by atoms with E-state index >= 15 is 0 Å². The van der Waals surface area contributed by atoms with E-state index in [0.29, 0.717) is 6.54 Å². The maximum absolute atomic E-state index is 12.3. The van der Waals surface area contributed by atoms with E-state index in [0.717, 1.165) is 48.8 Å². The number of aromatic nitrogens is 2. The van der Waals surface area contributed by atoms with Crippen LogP contribution in [0.3, 0.4) is 0 Å². The minimum atomic E-state index is -3.30. The van der Waals surface area contributed by atoms with E-state index in [1.165, 1.54) is 0 Å². The summed E-state index contributed by atoms with van der Waals surface area (Å²) in [6.07, 6.45) is 2.49. The van der Waals surface area contributed by atoms with Gasteiger partial charge in [0, 0.05) is 18.8 Å². The summed E-state index contributed by atoms with van der Waals surface area (Å²) in [5.74, 6) is 0.595. The lowest BCUT2D eigenvalue weighted by atomic mass is 10.1. The average Bonchev–Trinajstić information content (AvgIpc) is 3.21. The lowest BCUT2D eigenvalue weighted by Crippen LogP contribution is -2.26. The number of carbonyl (C=O) groups is 1. The number of rotatable bonds is 7. The predicted molar refractivity (Wildman–Crippen MR) is 113 cm³/mol. The zero-order chi connectivity index (χ0) is 21.0. The molecule has 3 rings (SSSR count). The molecule has 0 atom stereocenters. The van der Waals surface area contributed by atoms with E-state index in [-0.39, 0.29) is 17.2 Å². The zero-order valence-corrected chi connectivity index (χ0v) is 18.0. The van der Waals surface area contributed by atoms with Gasteiger partial charge in [-0.15, -0.1) is 0 Å². The normalized spacial score (nSPS) is 14.4. The third-order valence-corrected chi connectivity index (χ3v) is 7.16. The maximum atomic E-state index is 12.3. The maximum Gasteiger partial charge on any atom is 0.225 e. The van der Waals surface area contributed by atoms with Gasteiger partial charge in [-0.1, -0.05) is 12.1 Å². The van der Waals surface area contributed by atoms with Gasteiger partial charge in [0.2, 0.25) is 11.9 Å². The van der Waals surface area contributed by atoms with Crippen LogP contribution in [0.25, 0.3) is 0 Å². The van der Waals surface area contributed by atoms with Gasteiger partial charge in [0.05, 0.1) is 28.8 Å². The Labute approximate surface area is 172 Å². The molecule has 1 amide bonds. The van der Waals surface area contributed by atoms with E-state index in [9.17, 15) is 13.2 Å². The molecule has 0 unspecified atom stereocenters. The van der Waals surface area contributed by atoms with Crippen LogP contribution >= 0.6 is 0 Å². The highest BCUT2D eigenvalue weighted by Crippen LogP contribution is 2.18. The number of nitrogens with one attached hydrogen (secondary N) is 1. The molecular weight excluding hydrogens is 388 g/mol. The van der Waals surface area contributed by atoms with Crippen molar-refractivity contribution in [1.82, 2.24) is 15.3 Å². The fourth-order valence-electron chi connectivity index (χ4n) is 3.27. The number of nitrogens with zero attached hydrogens (tertiary/aromatic N) is 3. The number of aryl methyl sites for hydroxylation is 1. The zero-order valence-electron chi connectivity index (χ0n) is 17.2. The van der Waals surface area contributed by atoms with Crippen molar-refractivity contribution in [3.63, 3.8) is 0 Å². The fourth-order valence-corrected chi connectivity index (χ4v) is 4.33. The van der Waals surface area contributed by atoms with Gasteiger partial charge in [-0.05, 0) is 57.4 Å². The SMILES string of the molecule is Cc1cc(CNC(=O)Cc2ccc(S(=O)(=O)C(C)C)cc2)nc(N2CCCC2)n1. The van der Waals surface area contributed by atoms with Crippen LogP contribution in [-0.4, -0.2) is 42.6 Å². The van der Waals surface area contributed by atoms with Crippen LogP contribution in [0.1, 0.15) is 43.6 Å². The first kappa shape index (κ1) is 21.2. The van der Waals surface area contributed by atoms with E-state index < -0.39 is 15.1 Å². The standard InChI is InChI=1S/C21H28N4O3S/c1-15(2)29(27,28)19-8-6-17(7-9-19)13-20(26)22-14-18-12-16(3)23-21(24-18)25-10-4-5-11-25/h6-9,12,15H,4-5,10-11,13-14H2,1-3H3,(H,22,26). The number of hydrogen-bond acceptors (Lipinski definition) is 6. The van der Waals surface area contributed by atoms with E-state index in [4.69, 9.17) is 0 Å². The number of anilines is 1. The van der Waals surface area contributed by atoms with Gasteiger partial charge < -0.3 is 10.2 Å². The summed E-state index contributed by atoms with van der Waals surface area (Å²) in [5, 5.41) is 2.42. The van der Waals surface area contributed by atoms with Crippen LogP contribution in [0.15, 0.2) is 35.2 Å². The molecule has 1 aliphatic rings. The Morgan fingerprint density at radius 2 is 1.79 bits per heavy atom. The molecule has 1 N–H and O–H groups in total. The molecule has 7 nitrogen and oxygen atoms in total. The first-order valence-corrected chi connectivity index (χ1v) is 11.5. The molecular formula is C21H28N4O3S. The topological polar surface area (TPSA) is 92.3 Å². The summed E-state index contributed by atoms with van der Waals surface area (Å²) in [6.45, 7) is 7.51. The molecule has 0 aliphatic carbocycles. The lowest BCUT2D eigenvalue weighted by molar-refractivity contribution is -0.120. The molecule has 8 heteroatoms. The van der Waals surface area contributed by atoms with Crippen molar-refractivity contribution in [2.24, 2.45) is 0 Å². The summed E-state index contributed by atoms with van der Waals surface area (Å²) in [7, 11) is -3.30. The van der Waals surface area contributed by atoms with Gasteiger partial charge >= 0.3 is 0 Å². The first-order valence-electron chi connectivity index (χ1n) is 9.95. The third kappa shape index (κ3) is 5.32.